The van der Waals surface area contributed by atoms with Crippen LogP contribution in [-0.4, -0.2) is 95.6 Å². The molecule has 3 aliphatic carbocycles. The zero-order chi connectivity index (χ0) is 57.2. The maximum atomic E-state index is 13.6. The molecule has 1 saturated heterocycles. The highest BCUT2D eigenvalue weighted by atomic mass is 35.5. The molecule has 0 radical (unpaired) electrons. The van der Waals surface area contributed by atoms with Crippen molar-refractivity contribution in [2.45, 2.75) is 90.1 Å². The van der Waals surface area contributed by atoms with Crippen molar-refractivity contribution in [3.05, 3.63) is 209 Å². The number of piperidine rings is 1. The summed E-state index contributed by atoms with van der Waals surface area (Å²) in [4.78, 5) is 19.0. The highest BCUT2D eigenvalue weighted by Crippen LogP contribution is 2.61. The number of aliphatic hydroxyl groups excluding tert-OH is 1. The number of likely N-dealkylation sites (N-methyl/N-ethyl adjacent to an activating group) is 1. The molecule has 0 unspecified atom stereocenters. The Morgan fingerprint density at radius 1 is 0.663 bits per heavy atom. The fourth-order valence-corrected chi connectivity index (χ4v) is 14.6. The first kappa shape index (κ1) is 60.7. The number of ether oxygens (including phenoxy) is 2. The zero-order valence-corrected chi connectivity index (χ0v) is 50.1. The molecule has 5 atom stereocenters. The van der Waals surface area contributed by atoms with E-state index in [1.165, 1.54) is 88.8 Å². The number of halogens is 1. The van der Waals surface area contributed by atoms with Crippen LogP contribution >= 0.6 is 23.7 Å². The van der Waals surface area contributed by atoms with Gasteiger partial charge in [0.15, 0.2) is 5.78 Å². The van der Waals surface area contributed by atoms with Crippen LogP contribution in [0.5, 0.6) is 28.7 Å². The first-order valence-electron chi connectivity index (χ1n) is 29.6. The van der Waals surface area contributed by atoms with E-state index in [0.29, 0.717) is 41.9 Å². The van der Waals surface area contributed by atoms with E-state index in [1.54, 1.807) is 42.5 Å². The Hall–Kier alpha value is -6.92. The van der Waals surface area contributed by atoms with Crippen molar-refractivity contribution in [1.29, 1.82) is 0 Å². The average molecular weight is 1150 g/mol. The van der Waals surface area contributed by atoms with Crippen LogP contribution in [0.25, 0.3) is 31.7 Å². The average Bonchev–Trinajstić information content (AvgIpc) is 4.25. The van der Waals surface area contributed by atoms with Gasteiger partial charge >= 0.3 is 0 Å². The lowest BCUT2D eigenvalue weighted by molar-refractivity contribution is -0.0226. The van der Waals surface area contributed by atoms with Gasteiger partial charge in [0.05, 0.1) is 6.10 Å². The lowest BCUT2D eigenvalue weighted by Crippen LogP contribution is -2.43. The number of hydrogen-bond acceptors (Lipinski definition) is 10. The van der Waals surface area contributed by atoms with Crippen molar-refractivity contribution >= 4 is 50.8 Å². The molecule has 2 heterocycles. The summed E-state index contributed by atoms with van der Waals surface area (Å²) in [6.07, 6.45) is 11.6. The molecule has 3 fully saturated rings. The van der Waals surface area contributed by atoms with Crippen molar-refractivity contribution in [1.82, 2.24) is 9.80 Å². The SMILES string of the molecule is CC/C(=C(\c1ccccc1)c1ccc(OCCN(C)C)cc1)c1ccccc1.C[C@]12CC[C@@H]3c4ccc(O)cc4CC[C@H]3[C@@H]1CC[C@@H]2O.Cl.O=C(c1ccc(OCCN2CCCCC2)cc1)c1c(-c2ccc(O)cc2)sc2cc(O)ccc12. The molecule has 0 bridgehead atoms. The number of likely N-dealkylation sites (tertiary alicyclic amines) is 1. The number of phenolic OH excluding ortho intramolecular Hbond substituents is 3. The van der Waals surface area contributed by atoms with Crippen LogP contribution in [0.3, 0.4) is 0 Å². The van der Waals surface area contributed by atoms with Crippen molar-refractivity contribution < 1.29 is 34.7 Å². The summed E-state index contributed by atoms with van der Waals surface area (Å²) < 4.78 is 12.6. The molecule has 2 saturated carbocycles. The van der Waals surface area contributed by atoms with Crippen LogP contribution in [0.4, 0.5) is 0 Å². The van der Waals surface area contributed by atoms with Gasteiger partial charge in [0.25, 0.3) is 0 Å². The third kappa shape index (κ3) is 14.4. The first-order valence-corrected chi connectivity index (χ1v) is 30.4. The van der Waals surface area contributed by atoms with Gasteiger partial charge in [0.2, 0.25) is 0 Å². The number of nitrogens with zero attached hydrogens (tertiary/aromatic N) is 2. The molecular weight excluding hydrogens is 1070 g/mol. The van der Waals surface area contributed by atoms with Crippen molar-refractivity contribution in [3.8, 4) is 39.2 Å². The maximum Gasteiger partial charge on any atom is 0.195 e. The summed E-state index contributed by atoms with van der Waals surface area (Å²) in [5.74, 6) is 4.41. The Kier molecular flexibility index (Phi) is 20.5. The molecule has 8 aromatic rings. The van der Waals surface area contributed by atoms with E-state index in [0.717, 1.165) is 89.8 Å². The highest BCUT2D eigenvalue weighted by Gasteiger charge is 2.54. The molecule has 83 heavy (non-hydrogen) atoms. The molecule has 7 aromatic carbocycles. The molecular formula is C72H81ClN2O7S. The fraction of sp³-hybridized carbons (Fsp3) is 0.347. The molecule has 9 nitrogen and oxygen atoms in total. The zero-order valence-electron chi connectivity index (χ0n) is 48.5. The van der Waals surface area contributed by atoms with Crippen LogP contribution in [0, 0.1) is 17.3 Å². The second-order valence-electron chi connectivity index (χ2n) is 23.2. The minimum Gasteiger partial charge on any atom is -0.508 e. The third-order valence-corrected chi connectivity index (χ3v) is 18.9. The van der Waals surface area contributed by atoms with Gasteiger partial charge in [-0.25, -0.2) is 0 Å². The summed E-state index contributed by atoms with van der Waals surface area (Å²) in [6, 6.07) is 55.0. The lowest BCUT2D eigenvalue weighted by atomic mass is 9.55. The molecule has 4 N–H and O–H groups in total. The molecule has 12 rings (SSSR count). The number of hydrogen-bond donors (Lipinski definition) is 4. The molecule has 1 aromatic heterocycles. The summed E-state index contributed by atoms with van der Waals surface area (Å²) in [7, 11) is 4.11. The predicted molar refractivity (Wildman–Crippen MR) is 342 cm³/mol. The summed E-state index contributed by atoms with van der Waals surface area (Å²) >= 11 is 1.46. The second kappa shape index (κ2) is 28.1. The Bertz CT molecular complexity index is 3410. The number of rotatable bonds is 15. The van der Waals surface area contributed by atoms with Gasteiger partial charge in [-0.15, -0.1) is 23.7 Å². The minimum atomic E-state index is -0.0883. The van der Waals surface area contributed by atoms with Crippen LogP contribution in [0.15, 0.2) is 170 Å². The number of aliphatic hydroxyl groups is 1. The summed E-state index contributed by atoms with van der Waals surface area (Å²) in [5, 5.41) is 40.5. The summed E-state index contributed by atoms with van der Waals surface area (Å²) in [5.41, 5.74) is 11.4. The van der Waals surface area contributed by atoms with Crippen molar-refractivity contribution in [2.24, 2.45) is 17.3 Å². The van der Waals surface area contributed by atoms with Gasteiger partial charge in [0.1, 0.15) is 42.0 Å². The van der Waals surface area contributed by atoms with E-state index < -0.39 is 0 Å². The first-order chi connectivity index (χ1) is 39.9. The number of benzene rings is 7. The Balaban J connectivity index is 0.000000153. The van der Waals surface area contributed by atoms with Gasteiger partial charge in [-0.3, -0.25) is 9.69 Å². The predicted octanol–water partition coefficient (Wildman–Crippen LogP) is 16.1. The van der Waals surface area contributed by atoms with E-state index >= 15 is 0 Å². The van der Waals surface area contributed by atoms with Crippen LogP contribution < -0.4 is 9.47 Å². The van der Waals surface area contributed by atoms with E-state index in [-0.39, 0.29) is 41.2 Å². The van der Waals surface area contributed by atoms with E-state index in [2.05, 4.69) is 129 Å². The Morgan fingerprint density at radius 2 is 1.27 bits per heavy atom. The monoisotopic (exact) mass is 1150 g/mol. The largest absolute Gasteiger partial charge is 0.508 e. The quantitative estimate of drug-likeness (QED) is 0.0587. The minimum absolute atomic E-state index is 0. The number of fused-ring (bicyclic) bond motifs is 6. The van der Waals surface area contributed by atoms with Crippen molar-refractivity contribution in [2.75, 3.05) is 53.5 Å². The Labute approximate surface area is 501 Å². The second-order valence-corrected chi connectivity index (χ2v) is 24.2. The standard InChI is InChI=1S/C28H27NO4S.C26H29NO.C18H24O2.ClH/c30-21-8-4-20(5-9-21)28-26(24-13-10-22(31)18-25(24)34-28)27(32)19-6-11-23(12-7-19)33-17-16-29-14-2-1-3-15-29;1-4-25(21-11-7-5-8-12-21)26(22-13-9-6-10-14-22)23-15-17-24(18-16-23)28-20-19-27(2)3;1-18-9-8-14-13-5-3-12(19)10-11(13)2-4-15(14)16(18)6-7-17(18)20;/h4-13,18,30-31H,1-3,14-17H2;5-18H,4,19-20H2,1-3H3;3,5,10,14-17,19-20H,2,4,6-9H2,1H3;1H/b;26-25-;;/t;;14-,15-,16+,17+,18+;/m..1./s1. The van der Waals surface area contributed by atoms with Crippen molar-refractivity contribution in [3.63, 3.8) is 0 Å². The van der Waals surface area contributed by atoms with E-state index in [4.69, 9.17) is 9.47 Å². The number of carbonyl (C=O) groups is 1. The number of allylic oxidation sites excluding steroid dienone is 1. The number of phenols is 3. The smallest absolute Gasteiger partial charge is 0.195 e. The molecule has 1 aliphatic heterocycles. The molecule has 0 amide bonds. The number of ketones is 1. The van der Waals surface area contributed by atoms with Gasteiger partial charge in [0, 0.05) is 39.2 Å². The normalized spacial score (nSPS) is 20.2. The van der Waals surface area contributed by atoms with E-state index in [1.807, 2.05) is 36.4 Å². The Morgan fingerprint density at radius 3 is 1.93 bits per heavy atom. The van der Waals surface area contributed by atoms with Crippen LogP contribution in [0.2, 0.25) is 0 Å². The highest BCUT2D eigenvalue weighted by molar-refractivity contribution is 7.22. The number of aromatic hydroxyl groups is 3. The number of carbonyl (C=O) groups excluding carboxylic acids is 1. The van der Waals surface area contributed by atoms with Crippen LogP contribution in [0.1, 0.15) is 121 Å². The van der Waals surface area contributed by atoms with Crippen LogP contribution in [-0.2, 0) is 6.42 Å². The summed E-state index contributed by atoms with van der Waals surface area (Å²) in [6.45, 7) is 9.99. The van der Waals surface area contributed by atoms with Gasteiger partial charge < -0.3 is 34.8 Å². The molecule has 0 spiro atoms. The number of aryl methyl sites for hydroxylation is 1. The third-order valence-electron chi connectivity index (χ3n) is 17.7. The van der Waals surface area contributed by atoms with E-state index in [9.17, 15) is 25.2 Å². The van der Waals surface area contributed by atoms with Gasteiger partial charge in [-0.05, 0) is 244 Å². The van der Waals surface area contributed by atoms with Gasteiger partial charge in [-0.2, -0.15) is 0 Å². The maximum absolute atomic E-state index is 13.6. The topological polar surface area (TPSA) is 123 Å². The van der Waals surface area contributed by atoms with Gasteiger partial charge in [-0.1, -0.05) is 99.1 Å². The molecule has 434 valence electrons. The molecule has 11 heteroatoms. The molecule has 4 aliphatic rings. The lowest BCUT2D eigenvalue weighted by Gasteiger charge is -2.50. The fourth-order valence-electron chi connectivity index (χ4n) is 13.3. The number of thiophene rings is 1.